The summed E-state index contributed by atoms with van der Waals surface area (Å²) in [5.74, 6) is 1.71. The third kappa shape index (κ3) is 4.37. The van der Waals surface area contributed by atoms with E-state index >= 15 is 0 Å². The van der Waals surface area contributed by atoms with Gasteiger partial charge in [0.25, 0.3) is 0 Å². The van der Waals surface area contributed by atoms with E-state index < -0.39 is 0 Å². The molecule has 4 nitrogen and oxygen atoms in total. The molecule has 0 aliphatic heterocycles. The lowest BCUT2D eigenvalue weighted by molar-refractivity contribution is 0.443. The maximum Gasteiger partial charge on any atom is 0.137 e. The first-order valence-corrected chi connectivity index (χ1v) is 5.26. The van der Waals surface area contributed by atoms with Gasteiger partial charge in [0, 0.05) is 19.0 Å². The molecule has 1 aromatic rings. The predicted octanol–water partition coefficient (Wildman–Crippen LogP) is 1.37. The topological polar surface area (TPSA) is 53.6 Å². The Bertz CT molecular complexity index is 230. The van der Waals surface area contributed by atoms with Crippen molar-refractivity contribution < 1.29 is 0 Å². The van der Waals surface area contributed by atoms with Crippen LogP contribution < -0.4 is 5.32 Å². The van der Waals surface area contributed by atoms with E-state index in [9.17, 15) is 0 Å². The fraction of sp³-hybridized carbons (Fsp3) is 0.800. The molecule has 4 heteroatoms. The molecule has 0 spiro atoms. The van der Waals surface area contributed by atoms with Gasteiger partial charge in [-0.1, -0.05) is 13.8 Å². The zero-order chi connectivity index (χ0) is 10.4. The average Bonchev–Trinajstić information content (AvgIpc) is 2.55. The van der Waals surface area contributed by atoms with Gasteiger partial charge >= 0.3 is 0 Å². The Morgan fingerprint density at radius 3 is 2.79 bits per heavy atom. The van der Waals surface area contributed by atoms with E-state index in [4.69, 9.17) is 0 Å². The van der Waals surface area contributed by atoms with Gasteiger partial charge in [-0.05, 0) is 19.3 Å². The molecule has 1 atom stereocenters. The largest absolute Gasteiger partial charge is 0.314 e. The van der Waals surface area contributed by atoms with E-state index in [0.717, 1.165) is 24.7 Å². The van der Waals surface area contributed by atoms with Crippen molar-refractivity contribution in [3.8, 4) is 0 Å². The molecule has 2 N–H and O–H groups in total. The van der Waals surface area contributed by atoms with Crippen LogP contribution in [-0.4, -0.2) is 27.8 Å². The number of aromatic nitrogens is 3. The smallest absolute Gasteiger partial charge is 0.137 e. The quantitative estimate of drug-likeness (QED) is 0.722. The molecule has 0 aromatic carbocycles. The number of rotatable bonds is 6. The lowest BCUT2D eigenvalue weighted by Gasteiger charge is -2.15. The molecule has 0 aliphatic rings. The second-order valence-electron chi connectivity index (χ2n) is 4.17. The average molecular weight is 196 g/mol. The summed E-state index contributed by atoms with van der Waals surface area (Å²) in [7, 11) is 0. The Balaban J connectivity index is 2.09. The van der Waals surface area contributed by atoms with Crippen LogP contribution in [0.3, 0.4) is 0 Å². The van der Waals surface area contributed by atoms with Crippen molar-refractivity contribution in [2.24, 2.45) is 5.92 Å². The summed E-state index contributed by atoms with van der Waals surface area (Å²) in [6.07, 6.45) is 3.69. The summed E-state index contributed by atoms with van der Waals surface area (Å²) in [6, 6.07) is 0.581. The maximum atomic E-state index is 4.07. The summed E-state index contributed by atoms with van der Waals surface area (Å²) >= 11 is 0. The van der Waals surface area contributed by atoms with Crippen LogP contribution in [0.15, 0.2) is 6.33 Å². The maximum absolute atomic E-state index is 4.07. The molecule has 1 heterocycles. The van der Waals surface area contributed by atoms with Gasteiger partial charge in [-0.25, -0.2) is 4.98 Å². The van der Waals surface area contributed by atoms with Crippen molar-refractivity contribution in [3.05, 3.63) is 12.2 Å². The molecule has 0 aliphatic carbocycles. The fourth-order valence-corrected chi connectivity index (χ4v) is 1.58. The Labute approximate surface area is 85.5 Å². The first kappa shape index (κ1) is 11.2. The molecular formula is C10H20N4. The lowest BCUT2D eigenvalue weighted by atomic mass is 10.1. The van der Waals surface area contributed by atoms with Crippen LogP contribution in [0.2, 0.25) is 0 Å². The second kappa shape index (κ2) is 5.75. The molecule has 0 amide bonds. The third-order valence-electron chi connectivity index (χ3n) is 2.14. The number of hydrogen-bond donors (Lipinski definition) is 2. The van der Waals surface area contributed by atoms with Gasteiger partial charge < -0.3 is 5.32 Å². The van der Waals surface area contributed by atoms with E-state index in [1.807, 2.05) is 0 Å². The normalized spacial score (nSPS) is 13.4. The highest BCUT2D eigenvalue weighted by molar-refractivity contribution is 4.81. The number of nitrogens with zero attached hydrogens (tertiary/aromatic N) is 2. The van der Waals surface area contributed by atoms with Gasteiger partial charge in [-0.3, -0.25) is 5.10 Å². The van der Waals surface area contributed by atoms with E-state index in [1.54, 1.807) is 6.33 Å². The third-order valence-corrected chi connectivity index (χ3v) is 2.14. The van der Waals surface area contributed by atoms with Gasteiger partial charge in [-0.2, -0.15) is 5.10 Å². The lowest BCUT2D eigenvalue weighted by Crippen LogP contribution is -2.29. The number of hydrogen-bond acceptors (Lipinski definition) is 3. The van der Waals surface area contributed by atoms with E-state index in [2.05, 4.69) is 41.3 Å². The Kier molecular flexibility index (Phi) is 4.59. The standard InChI is InChI=1S/C10H20N4/c1-8(2)6-9(3)11-5-4-10-12-7-13-14-10/h7-9,11H,4-6H2,1-3H3,(H,12,13,14). The van der Waals surface area contributed by atoms with E-state index in [1.165, 1.54) is 6.42 Å². The summed E-state index contributed by atoms with van der Waals surface area (Å²) in [4.78, 5) is 4.07. The first-order valence-electron chi connectivity index (χ1n) is 5.26. The first-order chi connectivity index (χ1) is 6.68. The molecule has 1 unspecified atom stereocenters. The van der Waals surface area contributed by atoms with E-state index in [0.29, 0.717) is 6.04 Å². The number of aromatic amines is 1. The predicted molar refractivity (Wildman–Crippen MR) is 57.0 cm³/mol. The van der Waals surface area contributed by atoms with Crippen molar-refractivity contribution in [2.45, 2.75) is 39.7 Å². The molecule has 1 aromatic heterocycles. The second-order valence-corrected chi connectivity index (χ2v) is 4.17. The van der Waals surface area contributed by atoms with Crippen molar-refractivity contribution in [3.63, 3.8) is 0 Å². The van der Waals surface area contributed by atoms with Crippen LogP contribution in [0.5, 0.6) is 0 Å². The van der Waals surface area contributed by atoms with Crippen LogP contribution in [0.4, 0.5) is 0 Å². The highest BCUT2D eigenvalue weighted by Gasteiger charge is 2.04. The molecule has 0 radical (unpaired) electrons. The molecular weight excluding hydrogens is 176 g/mol. The van der Waals surface area contributed by atoms with Crippen LogP contribution in [0.1, 0.15) is 33.0 Å². The minimum Gasteiger partial charge on any atom is -0.314 e. The number of nitrogens with one attached hydrogen (secondary N) is 2. The molecule has 0 fully saturated rings. The van der Waals surface area contributed by atoms with Crippen LogP contribution in [-0.2, 0) is 6.42 Å². The van der Waals surface area contributed by atoms with Crippen molar-refractivity contribution in [1.82, 2.24) is 20.5 Å². The summed E-state index contributed by atoms with van der Waals surface area (Å²) < 4.78 is 0. The molecule has 0 bridgehead atoms. The zero-order valence-electron chi connectivity index (χ0n) is 9.25. The van der Waals surface area contributed by atoms with Crippen LogP contribution in [0.25, 0.3) is 0 Å². The molecule has 80 valence electrons. The van der Waals surface area contributed by atoms with Crippen molar-refractivity contribution in [1.29, 1.82) is 0 Å². The van der Waals surface area contributed by atoms with Gasteiger partial charge in [0.2, 0.25) is 0 Å². The van der Waals surface area contributed by atoms with E-state index in [-0.39, 0.29) is 0 Å². The fourth-order valence-electron chi connectivity index (χ4n) is 1.58. The Morgan fingerprint density at radius 2 is 2.21 bits per heavy atom. The van der Waals surface area contributed by atoms with Gasteiger partial charge in [0.05, 0.1) is 0 Å². The summed E-state index contributed by atoms with van der Waals surface area (Å²) in [6.45, 7) is 7.67. The molecule has 14 heavy (non-hydrogen) atoms. The monoisotopic (exact) mass is 196 g/mol. The highest BCUT2D eigenvalue weighted by Crippen LogP contribution is 2.03. The van der Waals surface area contributed by atoms with Gasteiger partial charge in [0.15, 0.2) is 0 Å². The minimum atomic E-state index is 0.581. The zero-order valence-corrected chi connectivity index (χ0v) is 9.25. The van der Waals surface area contributed by atoms with Crippen LogP contribution >= 0.6 is 0 Å². The van der Waals surface area contributed by atoms with Crippen LogP contribution in [0, 0.1) is 5.92 Å². The van der Waals surface area contributed by atoms with Crippen molar-refractivity contribution >= 4 is 0 Å². The van der Waals surface area contributed by atoms with Crippen molar-refractivity contribution in [2.75, 3.05) is 6.54 Å². The summed E-state index contributed by atoms with van der Waals surface area (Å²) in [5.41, 5.74) is 0. The Hall–Kier alpha value is -0.900. The van der Waals surface area contributed by atoms with Gasteiger partial charge in [-0.15, -0.1) is 0 Å². The molecule has 0 saturated heterocycles. The SMILES string of the molecule is CC(C)CC(C)NCCc1ncn[nH]1. The number of H-pyrrole nitrogens is 1. The Morgan fingerprint density at radius 1 is 1.43 bits per heavy atom. The molecule has 0 saturated carbocycles. The highest BCUT2D eigenvalue weighted by atomic mass is 15.2. The summed E-state index contributed by atoms with van der Waals surface area (Å²) in [5, 5.41) is 10.1. The molecule has 1 rings (SSSR count). The van der Waals surface area contributed by atoms with Gasteiger partial charge in [0.1, 0.15) is 12.2 Å². The minimum absolute atomic E-state index is 0.581.